The summed E-state index contributed by atoms with van der Waals surface area (Å²) in [5.74, 6) is -0.920. The molecule has 0 aliphatic heterocycles. The molecule has 0 heterocycles. The highest BCUT2D eigenvalue weighted by Crippen LogP contribution is 2.09. The Morgan fingerprint density at radius 3 is 1.42 bits per heavy atom. The first-order valence-electron chi connectivity index (χ1n) is 10.3. The monoisotopic (exact) mass is 343 g/mol. The molecule has 0 fully saturated rings. The van der Waals surface area contributed by atoms with Crippen molar-refractivity contribution in [3.05, 3.63) is 0 Å². The van der Waals surface area contributed by atoms with Crippen molar-refractivity contribution in [3.63, 3.8) is 0 Å². The highest BCUT2D eigenvalue weighted by molar-refractivity contribution is 5.63. The fourth-order valence-corrected chi connectivity index (χ4v) is 2.59. The fraction of sp³-hybridized carbons (Fsp3) is 0.952. The second kappa shape index (κ2) is 18.8. The van der Waals surface area contributed by atoms with Crippen LogP contribution in [0.4, 0.5) is 0 Å². The van der Waals surface area contributed by atoms with Gasteiger partial charge < -0.3 is 14.4 Å². The number of quaternary nitrogens is 1. The van der Waals surface area contributed by atoms with Crippen molar-refractivity contribution in [2.45, 2.75) is 104 Å². The fourth-order valence-electron chi connectivity index (χ4n) is 2.59. The van der Waals surface area contributed by atoms with Crippen molar-refractivity contribution >= 4 is 5.97 Å². The average Bonchev–Trinajstić information content (AvgIpc) is 2.49. The number of hydrogen-bond donors (Lipinski definition) is 0. The number of carbonyl (C=O) groups excluding carboxylic acids is 1. The second-order valence-electron chi connectivity index (χ2n) is 8.03. The van der Waals surface area contributed by atoms with Crippen molar-refractivity contribution in [2.24, 2.45) is 0 Å². The Kier molecular flexibility index (Phi) is 20.1. The van der Waals surface area contributed by atoms with Crippen LogP contribution in [0.5, 0.6) is 0 Å². The van der Waals surface area contributed by atoms with Gasteiger partial charge in [0, 0.05) is 5.97 Å². The van der Waals surface area contributed by atoms with Crippen molar-refractivity contribution in [1.29, 1.82) is 0 Å². The van der Waals surface area contributed by atoms with E-state index in [1.54, 1.807) is 0 Å². The van der Waals surface area contributed by atoms with Gasteiger partial charge >= 0.3 is 0 Å². The zero-order chi connectivity index (χ0) is 18.7. The van der Waals surface area contributed by atoms with E-state index in [2.05, 4.69) is 35.0 Å². The zero-order valence-corrected chi connectivity index (χ0v) is 17.4. The summed E-state index contributed by atoms with van der Waals surface area (Å²) < 4.78 is 1.12. The van der Waals surface area contributed by atoms with Gasteiger partial charge in [0.1, 0.15) is 0 Å². The lowest BCUT2D eigenvalue weighted by Crippen LogP contribution is -2.35. The molecule has 0 aliphatic rings. The molecule has 0 saturated heterocycles. The van der Waals surface area contributed by atoms with Crippen LogP contribution in [0.1, 0.15) is 104 Å². The maximum absolute atomic E-state index is 9.92. The van der Waals surface area contributed by atoms with E-state index in [9.17, 15) is 9.90 Å². The van der Waals surface area contributed by atoms with E-state index in [4.69, 9.17) is 0 Å². The lowest BCUT2D eigenvalue weighted by atomic mass is 10.1. The van der Waals surface area contributed by atoms with E-state index in [1.807, 2.05) is 0 Å². The summed E-state index contributed by atoms with van der Waals surface area (Å²) >= 11 is 0. The zero-order valence-electron chi connectivity index (χ0n) is 17.4. The van der Waals surface area contributed by atoms with Crippen LogP contribution >= 0.6 is 0 Å². The summed E-state index contributed by atoms with van der Waals surface area (Å²) in [7, 11) is 6.84. The number of nitrogens with zero attached hydrogens (tertiary/aromatic N) is 1. The molecule has 0 amide bonds. The van der Waals surface area contributed by atoms with Gasteiger partial charge in [-0.15, -0.1) is 0 Å². The minimum atomic E-state index is -0.920. The maximum atomic E-state index is 9.92. The molecule has 0 aromatic carbocycles. The van der Waals surface area contributed by atoms with Crippen LogP contribution in [-0.2, 0) is 4.79 Å². The van der Waals surface area contributed by atoms with Gasteiger partial charge in [0.2, 0.25) is 0 Å². The molecule has 0 radical (unpaired) electrons. The average molecular weight is 344 g/mol. The third kappa shape index (κ3) is 29.4. The predicted molar refractivity (Wildman–Crippen MR) is 104 cm³/mol. The maximum Gasteiger partial charge on any atom is 0.0780 e. The number of carboxylic acid groups (broad SMARTS) is 1. The highest BCUT2D eigenvalue weighted by atomic mass is 16.4. The normalized spacial score (nSPS) is 11.0. The lowest BCUT2D eigenvalue weighted by Gasteiger charge is -2.23. The van der Waals surface area contributed by atoms with Gasteiger partial charge in [0.25, 0.3) is 0 Å². The summed E-state index contributed by atoms with van der Waals surface area (Å²) in [4.78, 5) is 9.92. The molecule has 0 atom stereocenters. The number of carbonyl (C=O) groups is 1. The molecule has 0 rings (SSSR count). The quantitative estimate of drug-likeness (QED) is 0.312. The molecule has 0 aliphatic carbocycles. The van der Waals surface area contributed by atoms with Crippen LogP contribution in [0.3, 0.4) is 0 Å². The molecule has 0 aromatic rings. The van der Waals surface area contributed by atoms with Gasteiger partial charge in [-0.2, -0.15) is 0 Å². The molecule has 0 unspecified atom stereocenters. The van der Waals surface area contributed by atoms with E-state index in [0.717, 1.165) is 23.7 Å². The van der Waals surface area contributed by atoms with Gasteiger partial charge in [-0.1, -0.05) is 78.1 Å². The van der Waals surface area contributed by atoms with Crippen LogP contribution in [0.15, 0.2) is 0 Å². The third-order valence-electron chi connectivity index (χ3n) is 4.17. The second-order valence-corrected chi connectivity index (χ2v) is 8.03. The molecular weight excluding hydrogens is 298 g/mol. The summed E-state index contributed by atoms with van der Waals surface area (Å²) in [6.45, 7) is 5.74. The predicted octanol–water partition coefficient (Wildman–Crippen LogP) is 4.93. The SMILES string of the molecule is CCCCCCCC(=O)[O-].CCCCCCCCCC[N+](C)(C)C. The Morgan fingerprint density at radius 2 is 1.04 bits per heavy atom. The first-order valence-corrected chi connectivity index (χ1v) is 10.3. The Balaban J connectivity index is 0. The first-order chi connectivity index (χ1) is 11.3. The largest absolute Gasteiger partial charge is 0.550 e. The molecule has 146 valence electrons. The summed E-state index contributed by atoms with van der Waals surface area (Å²) in [6, 6.07) is 0. The smallest absolute Gasteiger partial charge is 0.0780 e. The molecule has 0 spiro atoms. The number of rotatable bonds is 15. The van der Waals surface area contributed by atoms with Gasteiger partial charge in [-0.25, -0.2) is 0 Å². The van der Waals surface area contributed by atoms with Crippen molar-refractivity contribution in [3.8, 4) is 0 Å². The molecule has 3 heteroatoms. The van der Waals surface area contributed by atoms with Crippen LogP contribution < -0.4 is 5.11 Å². The minimum Gasteiger partial charge on any atom is -0.550 e. The highest BCUT2D eigenvalue weighted by Gasteiger charge is 2.04. The van der Waals surface area contributed by atoms with Crippen molar-refractivity contribution in [1.82, 2.24) is 0 Å². The van der Waals surface area contributed by atoms with E-state index >= 15 is 0 Å². The van der Waals surface area contributed by atoms with Crippen LogP contribution in [0.2, 0.25) is 0 Å². The number of hydrogen-bond acceptors (Lipinski definition) is 2. The molecule has 0 N–H and O–H groups in total. The van der Waals surface area contributed by atoms with E-state index < -0.39 is 5.97 Å². The standard InChI is InChI=1S/C13H30N.C8H16O2/c1-5-6-7-8-9-10-11-12-13-14(2,3)4;1-2-3-4-5-6-7-8(9)10/h5-13H2,1-4H3;2-7H2,1H3,(H,9,10)/q+1;/p-1. The molecule has 0 saturated carbocycles. The van der Waals surface area contributed by atoms with Crippen molar-refractivity contribution in [2.75, 3.05) is 27.7 Å². The summed E-state index contributed by atoms with van der Waals surface area (Å²) in [5.41, 5.74) is 0. The Morgan fingerprint density at radius 1 is 0.667 bits per heavy atom. The van der Waals surface area contributed by atoms with Crippen LogP contribution in [0.25, 0.3) is 0 Å². The Labute approximate surface area is 152 Å². The van der Waals surface area contributed by atoms with Gasteiger partial charge in [-0.3, -0.25) is 0 Å². The Bertz CT molecular complexity index is 259. The minimum absolute atomic E-state index is 0.226. The molecule has 0 aromatic heterocycles. The summed E-state index contributed by atoms with van der Waals surface area (Å²) in [5, 5.41) is 9.92. The lowest BCUT2D eigenvalue weighted by molar-refractivity contribution is -0.870. The Hall–Kier alpha value is -0.570. The molecular formula is C21H45NO2. The van der Waals surface area contributed by atoms with E-state index in [1.165, 1.54) is 70.8 Å². The van der Waals surface area contributed by atoms with Crippen LogP contribution in [0, 0.1) is 0 Å². The molecule has 3 nitrogen and oxygen atoms in total. The van der Waals surface area contributed by atoms with Gasteiger partial charge in [0.05, 0.1) is 27.7 Å². The summed E-state index contributed by atoms with van der Waals surface area (Å²) in [6.07, 6.45) is 17.0. The molecule has 0 bridgehead atoms. The van der Waals surface area contributed by atoms with Gasteiger partial charge in [0.15, 0.2) is 0 Å². The van der Waals surface area contributed by atoms with E-state index in [-0.39, 0.29) is 6.42 Å². The topological polar surface area (TPSA) is 40.1 Å². The number of aliphatic carboxylic acids is 1. The van der Waals surface area contributed by atoms with E-state index in [0.29, 0.717) is 0 Å². The number of carboxylic acids is 1. The third-order valence-corrected chi connectivity index (χ3v) is 4.17. The van der Waals surface area contributed by atoms with Crippen LogP contribution in [-0.4, -0.2) is 38.1 Å². The van der Waals surface area contributed by atoms with Crippen molar-refractivity contribution < 1.29 is 14.4 Å². The number of unbranched alkanes of at least 4 members (excludes halogenated alkanes) is 11. The molecule has 24 heavy (non-hydrogen) atoms. The first kappa shape index (κ1) is 25.7. The van der Waals surface area contributed by atoms with Gasteiger partial charge in [-0.05, 0) is 25.7 Å².